The van der Waals surface area contributed by atoms with E-state index in [2.05, 4.69) is 5.32 Å². The third-order valence-electron chi connectivity index (χ3n) is 3.34. The number of halogens is 1. The van der Waals surface area contributed by atoms with E-state index in [0.717, 1.165) is 42.1 Å². The molecule has 0 atom stereocenters. The van der Waals surface area contributed by atoms with Crippen molar-refractivity contribution in [1.29, 1.82) is 0 Å². The highest BCUT2D eigenvalue weighted by Gasteiger charge is 2.03. The van der Waals surface area contributed by atoms with Crippen molar-refractivity contribution >= 4 is 0 Å². The van der Waals surface area contributed by atoms with Crippen LogP contribution in [0.3, 0.4) is 0 Å². The smallest absolute Gasteiger partial charge is 0.123 e. The van der Waals surface area contributed by atoms with Crippen LogP contribution in [-0.4, -0.2) is 20.8 Å². The molecule has 0 aliphatic heterocycles. The lowest BCUT2D eigenvalue weighted by Crippen LogP contribution is -2.83. The maximum absolute atomic E-state index is 12.8. The van der Waals surface area contributed by atoms with Crippen LogP contribution in [0.1, 0.15) is 11.1 Å². The highest BCUT2D eigenvalue weighted by atomic mass is 19.1. The molecule has 0 aliphatic carbocycles. The zero-order chi connectivity index (χ0) is 15.1. The van der Waals surface area contributed by atoms with Gasteiger partial charge in [0.15, 0.2) is 0 Å². The summed E-state index contributed by atoms with van der Waals surface area (Å²) in [4.78, 5) is 0. The highest BCUT2D eigenvalue weighted by molar-refractivity contribution is 5.38. The molecule has 112 valence electrons. The van der Waals surface area contributed by atoms with Crippen molar-refractivity contribution in [3.05, 3.63) is 59.4 Å². The fraction of sp³-hybridized carbons (Fsp3) is 0.294. The average molecular weight is 290 g/mol. The molecule has 3 nitrogen and oxygen atoms in total. The van der Waals surface area contributed by atoms with Crippen LogP contribution in [0, 0.1) is 5.82 Å². The van der Waals surface area contributed by atoms with Crippen molar-refractivity contribution in [3.63, 3.8) is 0 Å². The fourth-order valence-electron chi connectivity index (χ4n) is 2.17. The lowest BCUT2D eigenvalue weighted by Gasteiger charge is -2.08. The average Bonchev–Trinajstić information content (AvgIpc) is 2.53. The molecule has 2 aromatic rings. The van der Waals surface area contributed by atoms with E-state index in [1.807, 2.05) is 30.3 Å². The molecule has 0 saturated carbocycles. The summed E-state index contributed by atoms with van der Waals surface area (Å²) in [6.07, 6.45) is 0.918. The van der Waals surface area contributed by atoms with E-state index in [1.165, 1.54) is 12.1 Å². The molecule has 0 unspecified atom stereocenters. The van der Waals surface area contributed by atoms with Crippen LogP contribution in [0.4, 0.5) is 4.39 Å². The van der Waals surface area contributed by atoms with Crippen molar-refractivity contribution < 1.29 is 19.2 Å². The SMILES string of the molecule is COc1cc(C[NH2+]CCc2ccc(F)cc2)cc(OC)c1. The molecule has 2 aromatic carbocycles. The zero-order valence-electron chi connectivity index (χ0n) is 12.4. The predicted octanol–water partition coefficient (Wildman–Crippen LogP) is 2.15. The molecule has 0 bridgehead atoms. The largest absolute Gasteiger partial charge is 0.497 e. The molecule has 0 spiro atoms. The highest BCUT2D eigenvalue weighted by Crippen LogP contribution is 2.21. The van der Waals surface area contributed by atoms with E-state index in [9.17, 15) is 4.39 Å². The van der Waals surface area contributed by atoms with Gasteiger partial charge in [0.1, 0.15) is 23.9 Å². The first-order chi connectivity index (χ1) is 10.2. The van der Waals surface area contributed by atoms with Gasteiger partial charge in [0, 0.05) is 18.1 Å². The molecule has 0 aliphatic rings. The van der Waals surface area contributed by atoms with Crippen LogP contribution in [-0.2, 0) is 13.0 Å². The van der Waals surface area contributed by atoms with Gasteiger partial charge in [-0.15, -0.1) is 0 Å². The first-order valence-electron chi connectivity index (χ1n) is 6.99. The van der Waals surface area contributed by atoms with Gasteiger partial charge in [-0.2, -0.15) is 0 Å². The first kappa shape index (κ1) is 15.3. The van der Waals surface area contributed by atoms with Gasteiger partial charge in [-0.25, -0.2) is 4.39 Å². The number of methoxy groups -OCH3 is 2. The van der Waals surface area contributed by atoms with Gasteiger partial charge in [-0.1, -0.05) is 12.1 Å². The van der Waals surface area contributed by atoms with Crippen LogP contribution in [0.2, 0.25) is 0 Å². The third-order valence-corrected chi connectivity index (χ3v) is 3.34. The van der Waals surface area contributed by atoms with E-state index < -0.39 is 0 Å². The molecule has 0 saturated heterocycles. The summed E-state index contributed by atoms with van der Waals surface area (Å²) in [6, 6.07) is 12.6. The number of ether oxygens (including phenoxy) is 2. The summed E-state index contributed by atoms with van der Waals surface area (Å²) in [6.45, 7) is 1.81. The Kier molecular flexibility index (Phi) is 5.58. The van der Waals surface area contributed by atoms with Crippen LogP contribution < -0.4 is 14.8 Å². The Bertz CT molecular complexity index is 547. The molecule has 0 aromatic heterocycles. The first-order valence-corrected chi connectivity index (χ1v) is 6.99. The molecule has 0 radical (unpaired) electrons. The van der Waals surface area contributed by atoms with Crippen LogP contribution in [0.5, 0.6) is 11.5 Å². The van der Waals surface area contributed by atoms with E-state index in [0.29, 0.717) is 0 Å². The van der Waals surface area contributed by atoms with Crippen molar-refractivity contribution in [2.75, 3.05) is 20.8 Å². The number of benzene rings is 2. The number of rotatable bonds is 7. The minimum absolute atomic E-state index is 0.189. The summed E-state index contributed by atoms with van der Waals surface area (Å²) < 4.78 is 23.3. The standard InChI is InChI=1S/C17H20FNO2/c1-20-16-9-14(10-17(11-16)21-2)12-19-8-7-13-3-5-15(18)6-4-13/h3-6,9-11,19H,7-8,12H2,1-2H3/p+1. The minimum Gasteiger partial charge on any atom is -0.497 e. The lowest BCUT2D eigenvalue weighted by atomic mass is 10.1. The lowest BCUT2D eigenvalue weighted by molar-refractivity contribution is -0.670. The number of nitrogens with two attached hydrogens (primary N) is 1. The van der Waals surface area contributed by atoms with Gasteiger partial charge < -0.3 is 14.8 Å². The van der Waals surface area contributed by atoms with E-state index in [-0.39, 0.29) is 5.82 Å². The molecule has 2 rings (SSSR count). The van der Waals surface area contributed by atoms with Crippen molar-refractivity contribution in [2.45, 2.75) is 13.0 Å². The Balaban J connectivity index is 1.84. The number of quaternary nitrogens is 1. The summed E-state index contributed by atoms with van der Waals surface area (Å²) >= 11 is 0. The minimum atomic E-state index is -0.189. The zero-order valence-corrected chi connectivity index (χ0v) is 12.4. The van der Waals surface area contributed by atoms with Crippen molar-refractivity contribution in [3.8, 4) is 11.5 Å². The molecule has 21 heavy (non-hydrogen) atoms. The van der Waals surface area contributed by atoms with E-state index in [4.69, 9.17) is 9.47 Å². The summed E-state index contributed by atoms with van der Waals surface area (Å²) in [5.41, 5.74) is 2.31. The van der Waals surface area contributed by atoms with Gasteiger partial charge in [-0.05, 0) is 29.8 Å². The Hall–Kier alpha value is -2.07. The Labute approximate surface area is 124 Å². The molecular weight excluding hydrogens is 269 g/mol. The third kappa shape index (κ3) is 4.76. The topological polar surface area (TPSA) is 35.1 Å². The monoisotopic (exact) mass is 290 g/mol. The van der Waals surface area contributed by atoms with Gasteiger partial charge in [-0.3, -0.25) is 0 Å². The Morgan fingerprint density at radius 2 is 1.52 bits per heavy atom. The normalized spacial score (nSPS) is 10.4. The second-order valence-corrected chi connectivity index (χ2v) is 4.88. The van der Waals surface area contributed by atoms with Crippen LogP contribution >= 0.6 is 0 Å². The molecule has 4 heteroatoms. The molecule has 2 N–H and O–H groups in total. The second kappa shape index (κ2) is 7.64. The van der Waals surface area contributed by atoms with Crippen LogP contribution in [0.15, 0.2) is 42.5 Å². The molecular formula is C17H21FNO2+. The summed E-state index contributed by atoms with van der Waals surface area (Å²) in [5.74, 6) is 1.42. The van der Waals surface area contributed by atoms with Crippen molar-refractivity contribution in [1.82, 2.24) is 0 Å². The second-order valence-electron chi connectivity index (χ2n) is 4.88. The molecule has 0 amide bonds. The van der Waals surface area contributed by atoms with Gasteiger partial charge in [0.2, 0.25) is 0 Å². The Morgan fingerprint density at radius 3 is 2.10 bits per heavy atom. The van der Waals surface area contributed by atoms with Crippen LogP contribution in [0.25, 0.3) is 0 Å². The molecule has 0 heterocycles. The summed E-state index contributed by atoms with van der Waals surface area (Å²) in [7, 11) is 3.30. The van der Waals surface area contributed by atoms with Gasteiger partial charge >= 0.3 is 0 Å². The van der Waals surface area contributed by atoms with Crippen molar-refractivity contribution in [2.24, 2.45) is 0 Å². The number of hydrogen-bond donors (Lipinski definition) is 1. The predicted molar refractivity (Wildman–Crippen MR) is 80.1 cm³/mol. The van der Waals surface area contributed by atoms with Gasteiger partial charge in [0.25, 0.3) is 0 Å². The fourth-order valence-corrected chi connectivity index (χ4v) is 2.17. The van der Waals surface area contributed by atoms with Gasteiger partial charge in [0.05, 0.1) is 20.8 Å². The Morgan fingerprint density at radius 1 is 0.905 bits per heavy atom. The quantitative estimate of drug-likeness (QED) is 0.793. The van der Waals surface area contributed by atoms with E-state index in [1.54, 1.807) is 14.2 Å². The van der Waals surface area contributed by atoms with E-state index >= 15 is 0 Å². The maximum Gasteiger partial charge on any atom is 0.123 e. The maximum atomic E-state index is 12.8. The summed E-state index contributed by atoms with van der Waals surface area (Å²) in [5, 5.41) is 2.22. The molecule has 0 fully saturated rings. The number of hydrogen-bond acceptors (Lipinski definition) is 2.